The molecule has 0 N–H and O–H groups in total. The highest BCUT2D eigenvalue weighted by atomic mass is 28.3. The summed E-state index contributed by atoms with van der Waals surface area (Å²) >= 11 is 0. The summed E-state index contributed by atoms with van der Waals surface area (Å²) in [6.45, 7) is 15.2. The first-order valence-electron chi connectivity index (χ1n) is 4.78. The number of hydrogen-bond acceptors (Lipinski definition) is 1. The van der Waals surface area contributed by atoms with E-state index < -0.39 is 16.1 Å². The van der Waals surface area contributed by atoms with Crippen LogP contribution in [0.4, 0.5) is 0 Å². The zero-order valence-electron chi connectivity index (χ0n) is 9.53. The Morgan fingerprint density at radius 3 is 1.67 bits per heavy atom. The molecular formula is C9H24OSi2. The molecule has 0 saturated carbocycles. The lowest BCUT2D eigenvalue weighted by Crippen LogP contribution is -2.30. The normalized spacial score (nSPS) is 13.5. The minimum Gasteiger partial charge on any atom is -0.385 e. The van der Waals surface area contributed by atoms with Crippen LogP contribution in [0.3, 0.4) is 0 Å². The predicted molar refractivity (Wildman–Crippen MR) is 62.3 cm³/mol. The molecule has 0 aliphatic rings. The van der Waals surface area contributed by atoms with Gasteiger partial charge in [-0.1, -0.05) is 39.3 Å². The number of rotatable bonds is 5. The zero-order valence-corrected chi connectivity index (χ0v) is 11.5. The molecule has 0 atom stereocenters. The maximum Gasteiger partial charge on any atom is 0.0746 e. The second-order valence-electron chi connectivity index (χ2n) is 5.92. The summed E-state index contributed by atoms with van der Waals surface area (Å²) in [4.78, 5) is 0. The maximum atomic E-state index is 5.67. The van der Waals surface area contributed by atoms with Crippen LogP contribution < -0.4 is 0 Å². The van der Waals surface area contributed by atoms with Crippen LogP contribution >= 0.6 is 0 Å². The van der Waals surface area contributed by atoms with Crippen LogP contribution in [0.5, 0.6) is 0 Å². The van der Waals surface area contributed by atoms with E-state index in [0.717, 1.165) is 12.8 Å². The first-order valence-corrected chi connectivity index (χ1v) is 12.2. The highest BCUT2D eigenvalue weighted by Gasteiger charge is 2.15. The highest BCUT2D eigenvalue weighted by Crippen LogP contribution is 2.08. The van der Waals surface area contributed by atoms with E-state index in [0.29, 0.717) is 0 Å². The molecule has 12 heavy (non-hydrogen) atoms. The van der Waals surface area contributed by atoms with Crippen LogP contribution in [0.2, 0.25) is 45.3 Å². The first-order chi connectivity index (χ1) is 5.21. The minimum absolute atomic E-state index is 0.863. The Hall–Kier alpha value is 0.394. The van der Waals surface area contributed by atoms with Crippen molar-refractivity contribution in [1.29, 1.82) is 0 Å². The fourth-order valence-electron chi connectivity index (χ4n) is 0.757. The van der Waals surface area contributed by atoms with Gasteiger partial charge >= 0.3 is 0 Å². The average Bonchev–Trinajstić information content (AvgIpc) is 1.76. The predicted octanol–water partition coefficient (Wildman–Crippen LogP) is 3.22. The van der Waals surface area contributed by atoms with E-state index in [4.69, 9.17) is 4.74 Å². The van der Waals surface area contributed by atoms with Crippen LogP contribution in [-0.2, 0) is 4.74 Å². The molecule has 3 heteroatoms. The van der Waals surface area contributed by atoms with Gasteiger partial charge in [0.25, 0.3) is 0 Å². The van der Waals surface area contributed by atoms with Crippen molar-refractivity contribution in [3.63, 3.8) is 0 Å². The summed E-state index contributed by atoms with van der Waals surface area (Å²) in [5, 5.41) is 0. The third-order valence-corrected chi connectivity index (χ3v) is 4.31. The Morgan fingerprint density at radius 1 is 0.833 bits per heavy atom. The lowest BCUT2D eigenvalue weighted by molar-refractivity contribution is 0.187. The zero-order chi connectivity index (χ0) is 9.83. The molecule has 0 amide bonds. The Labute approximate surface area is 79.5 Å². The molecule has 0 saturated heterocycles. The van der Waals surface area contributed by atoms with Gasteiger partial charge in [0, 0.05) is 20.9 Å². The highest BCUT2D eigenvalue weighted by molar-refractivity contribution is 6.76. The monoisotopic (exact) mass is 204 g/mol. The largest absolute Gasteiger partial charge is 0.385 e. The van der Waals surface area contributed by atoms with E-state index in [2.05, 4.69) is 39.3 Å². The van der Waals surface area contributed by atoms with Crippen molar-refractivity contribution >= 4 is 16.1 Å². The van der Waals surface area contributed by atoms with Gasteiger partial charge in [-0.05, 0) is 6.04 Å². The van der Waals surface area contributed by atoms with Crippen LogP contribution in [0.15, 0.2) is 0 Å². The second-order valence-corrected chi connectivity index (χ2v) is 17.0. The van der Waals surface area contributed by atoms with Crippen molar-refractivity contribution in [2.75, 3.05) is 12.8 Å². The van der Waals surface area contributed by atoms with E-state index in [1.807, 2.05) is 0 Å². The SMILES string of the molecule is C[Si](C)(C)CCOC[Si](C)(C)C. The molecule has 74 valence electrons. The molecule has 0 fully saturated rings. The van der Waals surface area contributed by atoms with Gasteiger partial charge in [0.05, 0.1) is 8.07 Å². The fourth-order valence-corrected chi connectivity index (χ4v) is 2.27. The summed E-state index contributed by atoms with van der Waals surface area (Å²) in [6, 6.07) is 1.30. The lowest BCUT2D eigenvalue weighted by Gasteiger charge is -2.19. The van der Waals surface area contributed by atoms with Crippen molar-refractivity contribution in [2.24, 2.45) is 0 Å². The third-order valence-electron chi connectivity index (χ3n) is 1.53. The van der Waals surface area contributed by atoms with E-state index in [1.54, 1.807) is 0 Å². The molecule has 0 unspecified atom stereocenters. The van der Waals surface area contributed by atoms with Gasteiger partial charge in [-0.3, -0.25) is 0 Å². The Bertz CT molecular complexity index is 105. The Morgan fingerprint density at radius 2 is 1.33 bits per heavy atom. The standard InChI is InChI=1S/C9H24OSi2/c1-11(2,3)8-7-10-9-12(4,5)6/h7-9H2,1-6H3. The van der Waals surface area contributed by atoms with Gasteiger partial charge in [-0.15, -0.1) is 0 Å². The van der Waals surface area contributed by atoms with E-state index in [-0.39, 0.29) is 0 Å². The van der Waals surface area contributed by atoms with E-state index in [9.17, 15) is 0 Å². The molecule has 0 bridgehead atoms. The van der Waals surface area contributed by atoms with Crippen LogP contribution in [0, 0.1) is 0 Å². The van der Waals surface area contributed by atoms with Crippen molar-refractivity contribution in [3.05, 3.63) is 0 Å². The molecule has 0 rings (SSSR count). The molecule has 0 aromatic rings. The summed E-state index contributed by atoms with van der Waals surface area (Å²) < 4.78 is 5.67. The molecule has 0 aromatic heterocycles. The van der Waals surface area contributed by atoms with Crippen LogP contribution in [0.1, 0.15) is 0 Å². The summed E-state index contributed by atoms with van der Waals surface area (Å²) in [6.07, 6.45) is 1.03. The molecule has 0 spiro atoms. The van der Waals surface area contributed by atoms with Crippen molar-refractivity contribution in [3.8, 4) is 0 Å². The smallest absolute Gasteiger partial charge is 0.0746 e. The van der Waals surface area contributed by atoms with Crippen molar-refractivity contribution < 1.29 is 4.74 Å². The molecule has 0 heterocycles. The van der Waals surface area contributed by atoms with Gasteiger partial charge in [0.1, 0.15) is 0 Å². The molecule has 0 aliphatic heterocycles. The van der Waals surface area contributed by atoms with Crippen LogP contribution in [0.25, 0.3) is 0 Å². The molecule has 0 aromatic carbocycles. The van der Waals surface area contributed by atoms with Gasteiger partial charge in [0.15, 0.2) is 0 Å². The Kier molecular flexibility index (Phi) is 4.73. The van der Waals surface area contributed by atoms with E-state index >= 15 is 0 Å². The topological polar surface area (TPSA) is 9.23 Å². The maximum absolute atomic E-state index is 5.67. The minimum atomic E-state index is -0.960. The quantitative estimate of drug-likeness (QED) is 0.493. The van der Waals surface area contributed by atoms with Gasteiger partial charge in [-0.25, -0.2) is 0 Å². The number of ether oxygens (including phenoxy) is 1. The summed E-state index contributed by atoms with van der Waals surface area (Å²) in [5.41, 5.74) is 0. The van der Waals surface area contributed by atoms with Crippen LogP contribution in [-0.4, -0.2) is 29.0 Å². The second kappa shape index (κ2) is 4.58. The lowest BCUT2D eigenvalue weighted by atomic mass is 10.9. The average molecular weight is 204 g/mol. The fraction of sp³-hybridized carbons (Fsp3) is 1.00. The molecule has 0 radical (unpaired) electrons. The molecule has 0 aliphatic carbocycles. The third kappa shape index (κ3) is 10.4. The first kappa shape index (κ1) is 12.4. The van der Waals surface area contributed by atoms with Gasteiger partial charge in [-0.2, -0.15) is 0 Å². The molecular weight excluding hydrogens is 180 g/mol. The van der Waals surface area contributed by atoms with Gasteiger partial charge in [0.2, 0.25) is 0 Å². The number of hydrogen-bond donors (Lipinski definition) is 0. The summed E-state index contributed by atoms with van der Waals surface area (Å²) in [5.74, 6) is 0. The Balaban J connectivity index is 3.35. The van der Waals surface area contributed by atoms with Gasteiger partial charge < -0.3 is 4.74 Å². The molecule has 1 nitrogen and oxygen atoms in total. The van der Waals surface area contributed by atoms with Crippen molar-refractivity contribution in [2.45, 2.75) is 45.3 Å². The summed E-state index contributed by atoms with van der Waals surface area (Å²) in [7, 11) is -1.82. The van der Waals surface area contributed by atoms with E-state index in [1.165, 1.54) is 6.04 Å². The van der Waals surface area contributed by atoms with Crippen molar-refractivity contribution in [1.82, 2.24) is 0 Å².